The largest absolute Gasteiger partial charge is 0.314 e. The molecule has 0 aliphatic rings. The molecule has 0 amide bonds. The van der Waals surface area contributed by atoms with Gasteiger partial charge in [-0.1, -0.05) is 37.6 Å². The number of hydrogen-bond donors (Lipinski definition) is 2. The predicted octanol–water partition coefficient (Wildman–Crippen LogP) is 2.67. The predicted molar refractivity (Wildman–Crippen MR) is 59.8 cm³/mol. The van der Waals surface area contributed by atoms with Crippen molar-refractivity contribution in [2.24, 2.45) is 0 Å². The smallest absolute Gasteiger partial charge is 0.174 e. The van der Waals surface area contributed by atoms with Gasteiger partial charge in [0.15, 0.2) is 11.0 Å². The van der Waals surface area contributed by atoms with Crippen LogP contribution in [0.4, 0.5) is 5.82 Å². The van der Waals surface area contributed by atoms with Gasteiger partial charge in [0.2, 0.25) is 0 Å². The van der Waals surface area contributed by atoms with Crippen LogP contribution in [0.3, 0.4) is 0 Å². The second kappa shape index (κ2) is 4.30. The van der Waals surface area contributed by atoms with E-state index in [-0.39, 0.29) is 5.15 Å². The van der Waals surface area contributed by atoms with Crippen molar-refractivity contribution in [3.05, 3.63) is 29.7 Å². The number of rotatable bonds is 3. The van der Waals surface area contributed by atoms with Crippen LogP contribution in [0.1, 0.15) is 11.4 Å². The molecule has 0 unspecified atom stereocenters. The first-order chi connectivity index (χ1) is 6.22. The van der Waals surface area contributed by atoms with Crippen LogP contribution in [0, 0.1) is 0 Å². The van der Waals surface area contributed by atoms with Gasteiger partial charge in [0.1, 0.15) is 0 Å². The van der Waals surface area contributed by atoms with Gasteiger partial charge < -0.3 is 4.72 Å². The standard InChI is InChI=1S/C8H8ClN3S/c1-3-5-6(4-2)11-8(12-13)7(9)10-5/h3-4,13H,1-2H2,(H,11,12). The van der Waals surface area contributed by atoms with Crippen LogP contribution in [0.5, 0.6) is 0 Å². The Morgan fingerprint density at radius 1 is 1.23 bits per heavy atom. The molecule has 0 fully saturated rings. The fourth-order valence-electron chi connectivity index (χ4n) is 0.811. The minimum absolute atomic E-state index is 0.260. The lowest BCUT2D eigenvalue weighted by molar-refractivity contribution is 1.17. The third-order valence-electron chi connectivity index (χ3n) is 1.40. The molecule has 0 atom stereocenters. The molecule has 1 aromatic heterocycles. The van der Waals surface area contributed by atoms with E-state index in [2.05, 4.69) is 40.7 Å². The van der Waals surface area contributed by atoms with Gasteiger partial charge in [-0.2, -0.15) is 0 Å². The third-order valence-corrected chi connectivity index (χ3v) is 1.88. The topological polar surface area (TPSA) is 37.8 Å². The molecule has 0 aliphatic heterocycles. The molecule has 0 saturated heterocycles. The minimum atomic E-state index is 0.260. The zero-order valence-corrected chi connectivity index (χ0v) is 8.44. The Hall–Kier alpha value is -1.00. The normalized spacial score (nSPS) is 9.38. The average Bonchev–Trinajstić information content (AvgIpc) is 2.17. The molecule has 3 nitrogen and oxygen atoms in total. The lowest BCUT2D eigenvalue weighted by atomic mass is 10.3. The highest BCUT2D eigenvalue weighted by Crippen LogP contribution is 2.20. The van der Waals surface area contributed by atoms with Gasteiger partial charge in [-0.05, 0) is 12.2 Å². The molecule has 1 N–H and O–H groups in total. The van der Waals surface area contributed by atoms with Crippen LogP contribution in [-0.4, -0.2) is 9.97 Å². The lowest BCUT2D eigenvalue weighted by Gasteiger charge is -2.04. The molecule has 0 radical (unpaired) electrons. The van der Waals surface area contributed by atoms with E-state index in [9.17, 15) is 0 Å². The first kappa shape index (κ1) is 10.1. The van der Waals surface area contributed by atoms with Gasteiger partial charge in [-0.3, -0.25) is 0 Å². The van der Waals surface area contributed by atoms with Crippen molar-refractivity contribution < 1.29 is 0 Å². The monoisotopic (exact) mass is 213 g/mol. The lowest BCUT2D eigenvalue weighted by Crippen LogP contribution is -1.97. The van der Waals surface area contributed by atoms with Gasteiger partial charge >= 0.3 is 0 Å². The minimum Gasteiger partial charge on any atom is -0.314 e. The summed E-state index contributed by atoms with van der Waals surface area (Å²) in [4.78, 5) is 8.14. The van der Waals surface area contributed by atoms with Gasteiger partial charge in [0, 0.05) is 0 Å². The first-order valence-corrected chi connectivity index (χ1v) is 4.28. The fraction of sp³-hybridized carbons (Fsp3) is 0. The van der Waals surface area contributed by atoms with E-state index >= 15 is 0 Å². The van der Waals surface area contributed by atoms with Crippen molar-refractivity contribution in [1.82, 2.24) is 9.97 Å². The van der Waals surface area contributed by atoms with Crippen LogP contribution in [0.25, 0.3) is 12.2 Å². The molecular formula is C8H8ClN3S. The van der Waals surface area contributed by atoms with Crippen molar-refractivity contribution >= 4 is 42.4 Å². The average molecular weight is 214 g/mol. The number of nitrogens with zero attached hydrogens (tertiary/aromatic N) is 2. The Balaban J connectivity index is 3.34. The van der Waals surface area contributed by atoms with Crippen LogP contribution in [0.15, 0.2) is 13.2 Å². The quantitative estimate of drug-likeness (QED) is 0.759. The van der Waals surface area contributed by atoms with E-state index in [1.165, 1.54) is 0 Å². The zero-order chi connectivity index (χ0) is 9.84. The Morgan fingerprint density at radius 2 is 1.77 bits per heavy atom. The highest BCUT2D eigenvalue weighted by molar-refractivity contribution is 7.81. The van der Waals surface area contributed by atoms with Gasteiger partial charge in [-0.25, -0.2) is 9.97 Å². The van der Waals surface area contributed by atoms with Crippen molar-refractivity contribution in [1.29, 1.82) is 0 Å². The zero-order valence-electron chi connectivity index (χ0n) is 6.79. The Labute approximate surface area is 87.1 Å². The summed E-state index contributed by atoms with van der Waals surface area (Å²) in [5.74, 6) is 0.408. The van der Waals surface area contributed by atoms with Crippen LogP contribution < -0.4 is 4.72 Å². The highest BCUT2D eigenvalue weighted by Gasteiger charge is 2.06. The van der Waals surface area contributed by atoms with Crippen LogP contribution in [0.2, 0.25) is 5.15 Å². The number of anilines is 1. The summed E-state index contributed by atoms with van der Waals surface area (Å²) in [7, 11) is 0. The van der Waals surface area contributed by atoms with E-state index in [1.807, 2.05) is 0 Å². The molecule has 0 bridgehead atoms. The van der Waals surface area contributed by atoms with Crippen LogP contribution in [-0.2, 0) is 0 Å². The summed E-state index contributed by atoms with van der Waals surface area (Å²) < 4.78 is 2.53. The van der Waals surface area contributed by atoms with Crippen molar-refractivity contribution in [2.75, 3.05) is 4.72 Å². The number of nitrogens with one attached hydrogen (secondary N) is 1. The first-order valence-electron chi connectivity index (χ1n) is 3.45. The molecule has 1 heterocycles. The molecule has 5 heteroatoms. The maximum atomic E-state index is 5.77. The van der Waals surface area contributed by atoms with Gasteiger partial charge in [-0.15, -0.1) is 0 Å². The van der Waals surface area contributed by atoms with Crippen LogP contribution >= 0.6 is 24.4 Å². The molecule has 1 aromatic rings. The summed E-state index contributed by atoms with van der Waals surface area (Å²) in [6, 6.07) is 0. The summed E-state index contributed by atoms with van der Waals surface area (Å²) in [5, 5.41) is 0.260. The number of aromatic nitrogens is 2. The van der Waals surface area contributed by atoms with Crippen molar-refractivity contribution in [3.63, 3.8) is 0 Å². The summed E-state index contributed by atoms with van der Waals surface area (Å²) >= 11 is 9.60. The summed E-state index contributed by atoms with van der Waals surface area (Å²) in [6.07, 6.45) is 3.15. The molecule has 68 valence electrons. The molecule has 0 aliphatic carbocycles. The fourth-order valence-corrected chi connectivity index (χ4v) is 1.21. The Morgan fingerprint density at radius 3 is 2.23 bits per heavy atom. The SMILES string of the molecule is C=Cc1nc(Cl)c(NS)nc1C=C. The molecule has 0 spiro atoms. The highest BCUT2D eigenvalue weighted by atomic mass is 35.5. The third kappa shape index (κ3) is 2.02. The number of halogens is 1. The molecule has 0 aromatic carbocycles. The molecular weight excluding hydrogens is 206 g/mol. The van der Waals surface area contributed by atoms with Crippen molar-refractivity contribution in [2.45, 2.75) is 0 Å². The van der Waals surface area contributed by atoms with Gasteiger partial charge in [0.05, 0.1) is 11.4 Å². The molecule has 13 heavy (non-hydrogen) atoms. The second-order valence-corrected chi connectivity index (χ2v) is 2.74. The maximum Gasteiger partial charge on any atom is 0.174 e. The maximum absolute atomic E-state index is 5.77. The van der Waals surface area contributed by atoms with E-state index < -0.39 is 0 Å². The Bertz CT molecular complexity index is 351. The number of hydrogen-bond acceptors (Lipinski definition) is 4. The van der Waals surface area contributed by atoms with E-state index in [0.717, 1.165) is 0 Å². The number of thiol groups is 1. The second-order valence-electron chi connectivity index (χ2n) is 2.15. The van der Waals surface area contributed by atoms with Crippen molar-refractivity contribution in [3.8, 4) is 0 Å². The summed E-state index contributed by atoms with van der Waals surface area (Å²) in [6.45, 7) is 7.19. The Kier molecular flexibility index (Phi) is 3.33. The summed E-state index contributed by atoms with van der Waals surface area (Å²) in [5.41, 5.74) is 1.23. The van der Waals surface area contributed by atoms with E-state index in [0.29, 0.717) is 17.2 Å². The molecule has 0 saturated carbocycles. The van der Waals surface area contributed by atoms with E-state index in [1.54, 1.807) is 12.2 Å². The van der Waals surface area contributed by atoms with E-state index in [4.69, 9.17) is 11.6 Å². The molecule has 1 rings (SSSR count). The van der Waals surface area contributed by atoms with Gasteiger partial charge in [0.25, 0.3) is 0 Å².